The van der Waals surface area contributed by atoms with Crippen LogP contribution in [0.3, 0.4) is 0 Å². The molecule has 0 heterocycles. The summed E-state index contributed by atoms with van der Waals surface area (Å²) in [5.41, 5.74) is 5.08. The second-order valence-electron chi connectivity index (χ2n) is 1.48. The Morgan fingerprint density at radius 1 is 1.75 bits per heavy atom. The van der Waals surface area contributed by atoms with Crippen molar-refractivity contribution in [2.45, 2.75) is 19.4 Å². The largest absolute Gasteiger partial charge is 0.391 e. The lowest BCUT2D eigenvalue weighted by atomic mass is 10.6. The summed E-state index contributed by atoms with van der Waals surface area (Å²) in [5, 5.41) is 16.6. The lowest BCUT2D eigenvalue weighted by Gasteiger charge is -2.10. The summed E-state index contributed by atoms with van der Waals surface area (Å²) in [7, 11) is 0. The maximum Gasteiger partial charge on any atom is 0.179 e. The Labute approximate surface area is 47.9 Å². The molecule has 0 spiro atoms. The molecule has 0 fully saturated rings. The number of nitrogens with two attached hydrogens (primary N) is 1. The van der Waals surface area contributed by atoms with Gasteiger partial charge in [-0.05, 0) is 6.92 Å². The van der Waals surface area contributed by atoms with E-state index in [0.717, 1.165) is 0 Å². The number of aliphatic hydroxyl groups excluding tert-OH is 2. The van der Waals surface area contributed by atoms with Gasteiger partial charge in [-0.1, -0.05) is 0 Å². The Morgan fingerprint density at radius 2 is 2.25 bits per heavy atom. The number of rotatable bonds is 3. The Kier molecular flexibility index (Phi) is 3.72. The first-order valence-corrected chi connectivity index (χ1v) is 2.36. The third kappa shape index (κ3) is 4.01. The average Bonchev–Trinajstić information content (AvgIpc) is 1.65. The fourth-order valence-electron chi connectivity index (χ4n) is 0.291. The van der Waals surface area contributed by atoms with E-state index in [1.165, 1.54) is 0 Å². The van der Waals surface area contributed by atoms with Gasteiger partial charge in [0.25, 0.3) is 0 Å². The first-order chi connectivity index (χ1) is 3.66. The first kappa shape index (κ1) is 7.84. The summed E-state index contributed by atoms with van der Waals surface area (Å²) in [6.45, 7) is 1.15. The normalized spacial score (nSPS) is 18.0. The van der Waals surface area contributed by atoms with Gasteiger partial charge in [0.05, 0.1) is 6.61 Å². The second kappa shape index (κ2) is 3.80. The Bertz CT molecular complexity index is 57.2. The zero-order chi connectivity index (χ0) is 6.57. The predicted molar refractivity (Wildman–Crippen MR) is 27.8 cm³/mol. The van der Waals surface area contributed by atoms with Crippen LogP contribution in [0.4, 0.5) is 0 Å². The van der Waals surface area contributed by atoms with Crippen molar-refractivity contribution in [1.82, 2.24) is 0 Å². The molecule has 0 saturated carbocycles. The SMILES string of the molecule is CC(N)OC(O)CO. The highest BCUT2D eigenvalue weighted by atomic mass is 16.6. The molecule has 8 heavy (non-hydrogen) atoms. The van der Waals surface area contributed by atoms with Gasteiger partial charge in [0, 0.05) is 0 Å². The van der Waals surface area contributed by atoms with E-state index in [4.69, 9.17) is 15.9 Å². The first-order valence-electron chi connectivity index (χ1n) is 2.36. The molecule has 4 heteroatoms. The standard InChI is InChI=1S/C4H11NO3/c1-3(5)8-4(7)2-6/h3-4,6-7H,2,5H2,1H3. The van der Waals surface area contributed by atoms with Gasteiger partial charge in [-0.2, -0.15) is 0 Å². The molecule has 0 aliphatic heterocycles. The highest BCUT2D eigenvalue weighted by molar-refractivity contribution is 4.37. The molecular weight excluding hydrogens is 110 g/mol. The molecule has 0 bridgehead atoms. The smallest absolute Gasteiger partial charge is 0.179 e. The minimum atomic E-state index is -1.14. The lowest BCUT2D eigenvalue weighted by Crippen LogP contribution is -2.28. The highest BCUT2D eigenvalue weighted by Crippen LogP contribution is 1.86. The molecule has 0 amide bonds. The van der Waals surface area contributed by atoms with Crippen LogP contribution >= 0.6 is 0 Å². The summed E-state index contributed by atoms with van der Waals surface area (Å²) in [5.74, 6) is 0. The van der Waals surface area contributed by atoms with Gasteiger partial charge in [0.15, 0.2) is 6.29 Å². The van der Waals surface area contributed by atoms with Gasteiger partial charge in [0.2, 0.25) is 0 Å². The molecule has 4 nitrogen and oxygen atoms in total. The summed E-state index contributed by atoms with van der Waals surface area (Å²) >= 11 is 0. The zero-order valence-electron chi connectivity index (χ0n) is 4.74. The molecule has 2 unspecified atom stereocenters. The molecule has 0 radical (unpaired) electrons. The van der Waals surface area contributed by atoms with Crippen LogP contribution in [0, 0.1) is 0 Å². The molecular formula is C4H11NO3. The van der Waals surface area contributed by atoms with Crippen molar-refractivity contribution < 1.29 is 14.9 Å². The van der Waals surface area contributed by atoms with Crippen molar-refractivity contribution in [2.24, 2.45) is 5.73 Å². The fourth-order valence-corrected chi connectivity index (χ4v) is 0.291. The topological polar surface area (TPSA) is 75.7 Å². The molecule has 50 valence electrons. The molecule has 0 aromatic rings. The van der Waals surface area contributed by atoms with E-state index in [1.54, 1.807) is 6.92 Å². The molecule has 0 aliphatic carbocycles. The van der Waals surface area contributed by atoms with Crippen LogP contribution in [0.25, 0.3) is 0 Å². The van der Waals surface area contributed by atoms with E-state index in [-0.39, 0.29) is 0 Å². The Morgan fingerprint density at radius 3 is 2.38 bits per heavy atom. The molecule has 0 rings (SSSR count). The molecule has 0 aromatic heterocycles. The van der Waals surface area contributed by atoms with Gasteiger partial charge in [0.1, 0.15) is 6.23 Å². The van der Waals surface area contributed by atoms with Crippen LogP contribution in [-0.2, 0) is 4.74 Å². The summed E-state index contributed by atoms with van der Waals surface area (Å²) < 4.78 is 4.48. The van der Waals surface area contributed by atoms with Crippen molar-refractivity contribution in [2.75, 3.05) is 6.61 Å². The third-order valence-corrected chi connectivity index (χ3v) is 0.528. The third-order valence-electron chi connectivity index (χ3n) is 0.528. The van der Waals surface area contributed by atoms with Gasteiger partial charge in [-0.25, -0.2) is 0 Å². The van der Waals surface area contributed by atoms with Crippen LogP contribution < -0.4 is 5.73 Å². The molecule has 0 aliphatic rings. The number of hydrogen-bond donors (Lipinski definition) is 3. The van der Waals surface area contributed by atoms with Gasteiger partial charge in [-0.3, -0.25) is 0 Å². The number of hydrogen-bond acceptors (Lipinski definition) is 4. The van der Waals surface area contributed by atoms with Crippen LogP contribution in [0.15, 0.2) is 0 Å². The Hall–Kier alpha value is -0.160. The molecule has 4 N–H and O–H groups in total. The zero-order valence-corrected chi connectivity index (χ0v) is 4.74. The van der Waals surface area contributed by atoms with Crippen molar-refractivity contribution in [1.29, 1.82) is 0 Å². The van der Waals surface area contributed by atoms with Crippen molar-refractivity contribution in [3.63, 3.8) is 0 Å². The van der Waals surface area contributed by atoms with Crippen molar-refractivity contribution in [3.05, 3.63) is 0 Å². The number of aliphatic hydroxyl groups is 2. The van der Waals surface area contributed by atoms with E-state index in [0.29, 0.717) is 0 Å². The summed E-state index contributed by atoms with van der Waals surface area (Å²) in [6, 6.07) is 0. The maximum absolute atomic E-state index is 8.48. The van der Waals surface area contributed by atoms with E-state index >= 15 is 0 Å². The quantitative estimate of drug-likeness (QED) is 0.402. The van der Waals surface area contributed by atoms with E-state index in [1.807, 2.05) is 0 Å². The minimum absolute atomic E-state index is 0.415. The monoisotopic (exact) mass is 121 g/mol. The highest BCUT2D eigenvalue weighted by Gasteiger charge is 2.02. The van der Waals surface area contributed by atoms with Crippen molar-refractivity contribution >= 4 is 0 Å². The fraction of sp³-hybridized carbons (Fsp3) is 1.00. The van der Waals surface area contributed by atoms with Gasteiger partial charge >= 0.3 is 0 Å². The van der Waals surface area contributed by atoms with E-state index < -0.39 is 19.1 Å². The number of ether oxygens (including phenoxy) is 1. The molecule has 0 saturated heterocycles. The summed E-state index contributed by atoms with van der Waals surface area (Å²) in [4.78, 5) is 0. The minimum Gasteiger partial charge on any atom is -0.391 e. The van der Waals surface area contributed by atoms with Crippen LogP contribution in [0.5, 0.6) is 0 Å². The van der Waals surface area contributed by atoms with Gasteiger partial charge in [-0.15, -0.1) is 0 Å². The van der Waals surface area contributed by atoms with Crippen LogP contribution in [0.1, 0.15) is 6.92 Å². The summed E-state index contributed by atoms with van der Waals surface area (Å²) in [6.07, 6.45) is -1.67. The van der Waals surface area contributed by atoms with E-state index in [2.05, 4.69) is 4.74 Å². The Balaban J connectivity index is 3.10. The van der Waals surface area contributed by atoms with Crippen LogP contribution in [0.2, 0.25) is 0 Å². The average molecular weight is 121 g/mol. The maximum atomic E-state index is 8.48. The van der Waals surface area contributed by atoms with Crippen LogP contribution in [-0.4, -0.2) is 29.3 Å². The van der Waals surface area contributed by atoms with Gasteiger partial charge < -0.3 is 20.7 Å². The van der Waals surface area contributed by atoms with Crippen molar-refractivity contribution in [3.8, 4) is 0 Å². The lowest BCUT2D eigenvalue weighted by molar-refractivity contribution is -0.149. The molecule has 0 aromatic carbocycles. The predicted octanol–water partition coefficient (Wildman–Crippen LogP) is -1.38. The van der Waals surface area contributed by atoms with E-state index in [9.17, 15) is 0 Å². The molecule has 2 atom stereocenters. The second-order valence-corrected chi connectivity index (χ2v) is 1.48.